The van der Waals surface area contributed by atoms with Crippen molar-refractivity contribution < 1.29 is 13.9 Å². The quantitative estimate of drug-likeness (QED) is 0.326. The maximum absolute atomic E-state index is 15.4. The number of aromatic nitrogens is 5. The zero-order chi connectivity index (χ0) is 26.4. The van der Waals surface area contributed by atoms with Crippen LogP contribution in [0.3, 0.4) is 0 Å². The molecule has 1 aromatic carbocycles. The maximum Gasteiger partial charge on any atom is 0.246 e. The number of hydrogen-bond donors (Lipinski definition) is 1. The summed E-state index contributed by atoms with van der Waals surface area (Å²) in [7, 11) is 3.40. The Hall–Kier alpha value is -3.94. The minimum Gasteiger partial charge on any atom is -0.383 e. The summed E-state index contributed by atoms with van der Waals surface area (Å²) in [4.78, 5) is 27.1. The summed E-state index contributed by atoms with van der Waals surface area (Å²) in [5, 5.41) is 0.739. The van der Waals surface area contributed by atoms with Crippen LogP contribution in [-0.2, 0) is 16.6 Å². The minimum atomic E-state index is -0.580. The number of nitrogen functional groups attached to an aromatic ring is 1. The number of hydrogen-bond acceptors (Lipinski definition) is 6. The molecule has 4 aromatic rings. The van der Waals surface area contributed by atoms with Crippen LogP contribution in [0, 0.1) is 24.6 Å². The molecule has 190 valence electrons. The molecule has 0 radical (unpaired) electrons. The number of ether oxygens (including phenoxy) is 1. The van der Waals surface area contributed by atoms with E-state index < -0.39 is 5.82 Å². The number of anilines is 1. The average molecular weight is 522 g/mol. The molecule has 1 amide bonds. The summed E-state index contributed by atoms with van der Waals surface area (Å²) in [6.45, 7) is 6.24. The Morgan fingerprint density at radius 3 is 2.92 bits per heavy atom. The zero-order valence-corrected chi connectivity index (χ0v) is 21.4. The molecule has 2 atom stereocenters. The standard InChI is InChI=1S/C26H25ClFN7O2/c1-5-21(36)34-11-16(8-17(34)12-37-4)35-10-15(22-25(29)30-13-31-26(22)35)6-7-18-19(27)9-20-24(23(18)28)32-14(2)33(20)3/h5,9-10,13,16-17H,1,8,11-12H2,2-4H3,(H2,29,30,31)/t16-,17+/m0/s1. The highest BCUT2D eigenvalue weighted by Crippen LogP contribution is 2.34. The van der Waals surface area contributed by atoms with Crippen molar-refractivity contribution in [2.75, 3.05) is 26.0 Å². The van der Waals surface area contributed by atoms with E-state index in [0.29, 0.717) is 47.5 Å². The normalized spacial score (nSPS) is 17.4. The molecule has 0 aliphatic carbocycles. The number of halogens is 2. The van der Waals surface area contributed by atoms with Crippen LogP contribution in [0.25, 0.3) is 22.1 Å². The molecule has 2 N–H and O–H groups in total. The first-order valence-electron chi connectivity index (χ1n) is 11.6. The third-order valence-electron chi connectivity index (χ3n) is 6.86. The van der Waals surface area contributed by atoms with Crippen LogP contribution in [-0.4, -0.2) is 61.2 Å². The van der Waals surface area contributed by atoms with Gasteiger partial charge in [0.2, 0.25) is 5.91 Å². The Balaban J connectivity index is 1.60. The van der Waals surface area contributed by atoms with Crippen LogP contribution >= 0.6 is 11.6 Å². The van der Waals surface area contributed by atoms with E-state index in [1.807, 2.05) is 10.8 Å². The van der Waals surface area contributed by atoms with Gasteiger partial charge < -0.3 is 24.5 Å². The Bertz CT molecular complexity index is 1630. The third kappa shape index (κ3) is 4.10. The van der Waals surface area contributed by atoms with Crippen LogP contribution in [0.5, 0.6) is 0 Å². The predicted octanol–water partition coefficient (Wildman–Crippen LogP) is 3.38. The molecule has 0 spiro atoms. The minimum absolute atomic E-state index is 0.0485. The summed E-state index contributed by atoms with van der Waals surface area (Å²) in [6.07, 6.45) is 5.14. The summed E-state index contributed by atoms with van der Waals surface area (Å²) < 4.78 is 24.4. The smallest absolute Gasteiger partial charge is 0.246 e. The topological polar surface area (TPSA) is 104 Å². The van der Waals surface area contributed by atoms with Crippen LogP contribution in [0.4, 0.5) is 10.2 Å². The van der Waals surface area contributed by atoms with Crippen molar-refractivity contribution in [3.8, 4) is 11.8 Å². The van der Waals surface area contributed by atoms with Crippen LogP contribution < -0.4 is 5.73 Å². The number of carbonyl (C=O) groups excluding carboxylic acids is 1. The van der Waals surface area contributed by atoms with Gasteiger partial charge in [0.25, 0.3) is 0 Å². The van der Waals surface area contributed by atoms with Crippen molar-refractivity contribution in [3.63, 3.8) is 0 Å². The fourth-order valence-electron chi connectivity index (χ4n) is 4.93. The van der Waals surface area contributed by atoms with E-state index >= 15 is 4.39 Å². The van der Waals surface area contributed by atoms with Gasteiger partial charge in [0.1, 0.15) is 29.1 Å². The highest BCUT2D eigenvalue weighted by Gasteiger charge is 2.36. The predicted molar refractivity (Wildman–Crippen MR) is 140 cm³/mol. The molecule has 1 saturated heterocycles. The molecule has 1 aliphatic heterocycles. The number of rotatable bonds is 4. The number of benzene rings is 1. The van der Waals surface area contributed by atoms with Gasteiger partial charge in [0, 0.05) is 26.9 Å². The molecule has 0 unspecified atom stereocenters. The lowest BCUT2D eigenvalue weighted by Gasteiger charge is -2.22. The van der Waals surface area contributed by atoms with E-state index in [2.05, 4.69) is 33.4 Å². The van der Waals surface area contributed by atoms with E-state index in [1.165, 1.54) is 12.4 Å². The molecule has 0 saturated carbocycles. The number of methoxy groups -OCH3 is 1. The second kappa shape index (κ2) is 9.50. The number of amides is 1. The van der Waals surface area contributed by atoms with Gasteiger partial charge in [-0.3, -0.25) is 4.79 Å². The fraction of sp³-hybridized carbons (Fsp3) is 0.308. The maximum atomic E-state index is 15.4. The van der Waals surface area contributed by atoms with Crippen molar-refractivity contribution in [3.05, 3.63) is 59.0 Å². The van der Waals surface area contributed by atoms with Crippen molar-refractivity contribution in [2.24, 2.45) is 7.05 Å². The molecule has 1 aliphatic rings. The number of aryl methyl sites for hydroxylation is 2. The lowest BCUT2D eigenvalue weighted by atomic mass is 10.1. The fourth-order valence-corrected chi connectivity index (χ4v) is 5.16. The van der Waals surface area contributed by atoms with Gasteiger partial charge in [-0.1, -0.05) is 30.0 Å². The van der Waals surface area contributed by atoms with Gasteiger partial charge in [-0.2, -0.15) is 0 Å². The van der Waals surface area contributed by atoms with Crippen molar-refractivity contribution in [1.82, 2.24) is 29.0 Å². The number of imidazole rings is 1. The van der Waals surface area contributed by atoms with Crippen LogP contribution in [0.1, 0.15) is 29.4 Å². The number of likely N-dealkylation sites (tertiary alicyclic amines) is 1. The van der Waals surface area contributed by atoms with Crippen LogP contribution in [0.2, 0.25) is 5.02 Å². The summed E-state index contributed by atoms with van der Waals surface area (Å²) in [5.41, 5.74) is 8.17. The van der Waals surface area contributed by atoms with Crippen LogP contribution in [0.15, 0.2) is 31.2 Å². The van der Waals surface area contributed by atoms with E-state index in [9.17, 15) is 4.79 Å². The van der Waals surface area contributed by atoms with Gasteiger partial charge in [-0.15, -0.1) is 0 Å². The molecular formula is C26H25ClFN7O2. The first-order chi connectivity index (χ1) is 17.7. The molecular weight excluding hydrogens is 497 g/mol. The average Bonchev–Trinajstić information content (AvgIpc) is 3.54. The molecule has 5 rings (SSSR count). The zero-order valence-electron chi connectivity index (χ0n) is 20.6. The SMILES string of the molecule is C=CC(=O)N1C[C@@H](n2cc(C#Cc3c(Cl)cc4c(nc(C)n4C)c3F)c3c(N)ncnc32)C[C@@H]1COC. The van der Waals surface area contributed by atoms with E-state index in [0.717, 1.165) is 0 Å². The molecule has 1 fully saturated rings. The van der Waals surface area contributed by atoms with Crippen molar-refractivity contribution >= 4 is 45.4 Å². The number of carbonyl (C=O) groups is 1. The van der Waals surface area contributed by atoms with Gasteiger partial charge in [-0.05, 0) is 25.5 Å². The van der Waals surface area contributed by atoms with Gasteiger partial charge in [0.15, 0.2) is 5.82 Å². The monoisotopic (exact) mass is 521 g/mol. The molecule has 11 heteroatoms. The van der Waals surface area contributed by atoms with Gasteiger partial charge in [-0.25, -0.2) is 19.3 Å². The Morgan fingerprint density at radius 1 is 1.41 bits per heavy atom. The molecule has 9 nitrogen and oxygen atoms in total. The third-order valence-corrected chi connectivity index (χ3v) is 7.15. The number of nitrogens with two attached hydrogens (primary N) is 1. The molecule has 37 heavy (non-hydrogen) atoms. The summed E-state index contributed by atoms with van der Waals surface area (Å²) in [5.74, 6) is 6.07. The van der Waals surface area contributed by atoms with E-state index in [-0.39, 0.29) is 39.9 Å². The first kappa shape index (κ1) is 24.7. The van der Waals surface area contributed by atoms with E-state index in [4.69, 9.17) is 22.1 Å². The first-order valence-corrected chi connectivity index (χ1v) is 12.0. The highest BCUT2D eigenvalue weighted by molar-refractivity contribution is 6.32. The Kier molecular flexibility index (Phi) is 6.35. The number of nitrogens with zero attached hydrogens (tertiary/aromatic N) is 6. The summed E-state index contributed by atoms with van der Waals surface area (Å²) >= 11 is 6.42. The molecule has 0 bridgehead atoms. The van der Waals surface area contributed by atoms with Crippen molar-refractivity contribution in [1.29, 1.82) is 0 Å². The molecule has 4 heterocycles. The van der Waals surface area contributed by atoms with Crippen molar-refractivity contribution in [2.45, 2.75) is 25.4 Å². The second-order valence-electron chi connectivity index (χ2n) is 8.98. The Morgan fingerprint density at radius 2 is 2.19 bits per heavy atom. The summed E-state index contributed by atoms with van der Waals surface area (Å²) in [6, 6.07) is 1.43. The second-order valence-corrected chi connectivity index (χ2v) is 9.39. The highest BCUT2D eigenvalue weighted by atomic mass is 35.5. The lowest BCUT2D eigenvalue weighted by Crippen LogP contribution is -2.37. The number of fused-ring (bicyclic) bond motifs is 2. The molecule has 3 aromatic heterocycles. The van der Waals surface area contributed by atoms with Gasteiger partial charge >= 0.3 is 0 Å². The lowest BCUT2D eigenvalue weighted by molar-refractivity contribution is -0.127. The Labute approximate surface area is 217 Å². The van der Waals surface area contributed by atoms with Gasteiger partial charge in [0.05, 0.1) is 45.7 Å². The largest absolute Gasteiger partial charge is 0.383 e. The van der Waals surface area contributed by atoms with E-state index in [1.54, 1.807) is 36.6 Å².